The van der Waals surface area contributed by atoms with Crippen LogP contribution in [-0.2, 0) is 16.2 Å². The standard InChI is InChI=1S/C70H47NO.C49H31NO/c1-69(2)61-23-11-6-18-52(61)56-39-37-51(43-65(56)69)71(49-33-28-45(29-34-49)44-16-4-3-5-17-44)50-35-30-46(31-36-50)48-40-59(68-60(41-48)58-22-10-15-27-67(58)72-68)47-32-38-57-55-21-9-14-26-64(55)70(66(57)42-47)62-24-12-7-19-53(62)54-20-8-13-25-63(54)70;1-3-15-33(16-4-1)50(34-17-5-2-6-18-34)35-30-41(48-42(31-35)40-22-10-14-26-47(40)51-48)32-27-28-39-38-21-9-13-25-45(38)49(46(39)29-32)43-23-11-7-19-36(43)37-20-8-12-24-44(37)49/h3-43H,1-2H3;1-31H. The molecule has 2 aromatic heterocycles. The van der Waals surface area contributed by atoms with Crippen LogP contribution < -0.4 is 9.80 Å². The maximum absolute atomic E-state index is 6.88. The average Bonchev–Trinajstić information content (AvgIpc) is 1.51. The molecule has 0 aliphatic heterocycles. The minimum atomic E-state index is -0.443. The Morgan fingerprint density at radius 1 is 0.171 bits per heavy atom. The molecule has 5 aliphatic carbocycles. The van der Waals surface area contributed by atoms with Crippen molar-refractivity contribution < 1.29 is 8.83 Å². The van der Waals surface area contributed by atoms with E-state index < -0.39 is 10.8 Å². The summed E-state index contributed by atoms with van der Waals surface area (Å²) < 4.78 is 13.7. The molecule has 0 unspecified atom stereocenters. The molecule has 19 aromatic carbocycles. The highest BCUT2D eigenvalue weighted by Crippen LogP contribution is 2.66. The van der Waals surface area contributed by atoms with Crippen LogP contribution in [0.25, 0.3) is 144 Å². The second-order valence-electron chi connectivity index (χ2n) is 34.0. The first-order valence-corrected chi connectivity index (χ1v) is 42.8. The van der Waals surface area contributed by atoms with Crippen molar-refractivity contribution in [3.05, 3.63) is 492 Å². The topological polar surface area (TPSA) is 32.8 Å². The van der Waals surface area contributed by atoms with Gasteiger partial charge < -0.3 is 18.6 Å². The first-order chi connectivity index (χ1) is 60.7. The third kappa shape index (κ3) is 10.4. The fourth-order valence-corrected chi connectivity index (χ4v) is 22.0. The van der Waals surface area contributed by atoms with Crippen molar-refractivity contribution in [3.8, 4) is 100 Å². The Kier molecular flexibility index (Phi) is 15.6. The van der Waals surface area contributed by atoms with Gasteiger partial charge >= 0.3 is 0 Å². The molecule has 0 saturated heterocycles. The van der Waals surface area contributed by atoms with Gasteiger partial charge in [0, 0.05) is 72.2 Å². The fourth-order valence-electron chi connectivity index (χ4n) is 22.0. The zero-order valence-electron chi connectivity index (χ0n) is 67.8. The highest BCUT2D eigenvalue weighted by atomic mass is 16.3. The second-order valence-corrected chi connectivity index (χ2v) is 34.0. The zero-order valence-corrected chi connectivity index (χ0v) is 67.8. The monoisotopic (exact) mass is 1570 g/mol. The van der Waals surface area contributed by atoms with Gasteiger partial charge in [-0.15, -0.1) is 0 Å². The molecule has 2 heterocycles. The third-order valence-electron chi connectivity index (χ3n) is 27.4. The minimum absolute atomic E-state index is 0.127. The van der Waals surface area contributed by atoms with E-state index in [2.05, 4.69) is 460 Å². The molecule has 0 N–H and O–H groups in total. The molecule has 0 fully saturated rings. The normalized spacial score (nSPS) is 13.6. The number of anilines is 6. The molecular weight excluding hydrogens is 1490 g/mol. The Labute approximate surface area is 714 Å². The van der Waals surface area contributed by atoms with Crippen molar-refractivity contribution in [2.24, 2.45) is 0 Å². The van der Waals surface area contributed by atoms with Crippen molar-refractivity contribution >= 4 is 78.0 Å². The van der Waals surface area contributed by atoms with Gasteiger partial charge in [0.25, 0.3) is 0 Å². The molecule has 26 rings (SSSR count). The summed E-state index contributed by atoms with van der Waals surface area (Å²) in [5.74, 6) is 0. The summed E-state index contributed by atoms with van der Waals surface area (Å²) in [5.41, 5.74) is 44.7. The molecule has 5 aliphatic rings. The molecule has 0 atom stereocenters. The summed E-state index contributed by atoms with van der Waals surface area (Å²) in [6, 6.07) is 160. The Morgan fingerprint density at radius 2 is 0.472 bits per heavy atom. The molecule has 0 saturated carbocycles. The number of furan rings is 2. The molecule has 123 heavy (non-hydrogen) atoms. The molecule has 0 bridgehead atoms. The summed E-state index contributed by atoms with van der Waals surface area (Å²) in [5, 5.41) is 4.44. The molecule has 4 nitrogen and oxygen atoms in total. The molecule has 576 valence electrons. The van der Waals surface area contributed by atoms with E-state index in [1.165, 1.54) is 122 Å². The number of fused-ring (bicyclic) bond motifs is 29. The smallest absolute Gasteiger partial charge is 0.143 e. The molecule has 4 heteroatoms. The number of hydrogen-bond acceptors (Lipinski definition) is 4. The summed E-state index contributed by atoms with van der Waals surface area (Å²) in [6.45, 7) is 4.71. The van der Waals surface area contributed by atoms with Gasteiger partial charge in [0.05, 0.1) is 10.8 Å². The van der Waals surface area contributed by atoms with Gasteiger partial charge in [-0.2, -0.15) is 0 Å². The van der Waals surface area contributed by atoms with Crippen LogP contribution in [0, 0.1) is 0 Å². The summed E-state index contributed by atoms with van der Waals surface area (Å²) in [6.07, 6.45) is 0. The summed E-state index contributed by atoms with van der Waals surface area (Å²) in [4.78, 5) is 4.76. The molecule has 0 amide bonds. The lowest BCUT2D eigenvalue weighted by atomic mass is 9.70. The maximum Gasteiger partial charge on any atom is 0.143 e. The van der Waals surface area contributed by atoms with E-state index in [0.717, 1.165) is 111 Å². The van der Waals surface area contributed by atoms with Crippen LogP contribution in [0.3, 0.4) is 0 Å². The van der Waals surface area contributed by atoms with Crippen LogP contribution in [0.15, 0.2) is 446 Å². The van der Waals surface area contributed by atoms with Crippen LogP contribution in [0.1, 0.15) is 69.5 Å². The number of rotatable bonds is 10. The molecule has 21 aromatic rings. The van der Waals surface area contributed by atoms with Crippen LogP contribution >= 0.6 is 0 Å². The lowest BCUT2D eigenvalue weighted by Crippen LogP contribution is -2.25. The van der Waals surface area contributed by atoms with Gasteiger partial charge in [0.15, 0.2) is 0 Å². The second kappa shape index (κ2) is 27.2. The highest BCUT2D eigenvalue weighted by molar-refractivity contribution is 6.14. The minimum Gasteiger partial charge on any atom is -0.455 e. The molecular formula is C119H78N2O2. The zero-order chi connectivity index (χ0) is 81.2. The Balaban J connectivity index is 0.000000143. The van der Waals surface area contributed by atoms with Crippen molar-refractivity contribution in [1.82, 2.24) is 0 Å². The fraction of sp³-hybridized carbons (Fsp3) is 0.0420. The molecule has 2 spiro atoms. The lowest BCUT2D eigenvalue weighted by molar-refractivity contribution is 0.660. The van der Waals surface area contributed by atoms with E-state index in [0.29, 0.717) is 0 Å². The van der Waals surface area contributed by atoms with Crippen molar-refractivity contribution in [3.63, 3.8) is 0 Å². The van der Waals surface area contributed by atoms with Gasteiger partial charge in [-0.3, -0.25) is 0 Å². The van der Waals surface area contributed by atoms with Gasteiger partial charge in [-0.25, -0.2) is 0 Å². The highest BCUT2D eigenvalue weighted by Gasteiger charge is 2.53. The van der Waals surface area contributed by atoms with Crippen molar-refractivity contribution in [1.29, 1.82) is 0 Å². The third-order valence-corrected chi connectivity index (χ3v) is 27.4. The van der Waals surface area contributed by atoms with E-state index in [9.17, 15) is 0 Å². The Morgan fingerprint density at radius 3 is 0.919 bits per heavy atom. The maximum atomic E-state index is 6.88. The first-order valence-electron chi connectivity index (χ1n) is 42.8. The first kappa shape index (κ1) is 70.4. The number of nitrogens with zero attached hydrogens (tertiary/aromatic N) is 2. The van der Waals surface area contributed by atoms with Crippen LogP contribution in [0.5, 0.6) is 0 Å². The Bertz CT molecular complexity index is 7740. The number of hydrogen-bond donors (Lipinski definition) is 0. The van der Waals surface area contributed by atoms with Gasteiger partial charge in [0.1, 0.15) is 22.3 Å². The predicted molar refractivity (Wildman–Crippen MR) is 509 cm³/mol. The van der Waals surface area contributed by atoms with E-state index >= 15 is 0 Å². The van der Waals surface area contributed by atoms with E-state index in [1.54, 1.807) is 0 Å². The molecule has 0 radical (unpaired) electrons. The summed E-state index contributed by atoms with van der Waals surface area (Å²) >= 11 is 0. The largest absolute Gasteiger partial charge is 0.455 e. The van der Waals surface area contributed by atoms with Gasteiger partial charge in [0.2, 0.25) is 0 Å². The quantitative estimate of drug-likeness (QED) is 0.137. The van der Waals surface area contributed by atoms with Crippen molar-refractivity contribution in [2.45, 2.75) is 30.1 Å². The summed E-state index contributed by atoms with van der Waals surface area (Å²) in [7, 11) is 0. The van der Waals surface area contributed by atoms with E-state index in [1.807, 2.05) is 0 Å². The van der Waals surface area contributed by atoms with Gasteiger partial charge in [-0.1, -0.05) is 341 Å². The van der Waals surface area contributed by atoms with E-state index in [4.69, 9.17) is 8.83 Å². The predicted octanol–water partition coefficient (Wildman–Crippen LogP) is 31.8. The number of para-hydroxylation sites is 4. The average molecular weight is 1570 g/mol. The SMILES string of the molecule is CC1(C)c2ccccc2-c2ccc(N(c3ccc(-c4ccccc4)cc3)c3ccc(-c4cc(-c5ccc6c(c5)C5(c7ccccc7-c7ccccc75)c5ccccc5-6)c5oc6ccccc6c5c4)cc3)cc21.c1ccc(N(c2ccccc2)c2cc(-c3ccc4c(c3)C3(c5ccccc5-c5ccccc53)c3ccccc3-4)c3oc4ccccc4c3c2)cc1. The van der Waals surface area contributed by atoms with E-state index in [-0.39, 0.29) is 5.41 Å². The van der Waals surface area contributed by atoms with Crippen LogP contribution in [-0.4, -0.2) is 0 Å². The Hall–Kier alpha value is -15.6. The van der Waals surface area contributed by atoms with Crippen molar-refractivity contribution in [2.75, 3.05) is 9.80 Å². The van der Waals surface area contributed by atoms with Gasteiger partial charge in [-0.05, 0) is 254 Å². The van der Waals surface area contributed by atoms with Crippen LogP contribution in [0.4, 0.5) is 34.1 Å². The number of benzene rings is 19. The lowest BCUT2D eigenvalue weighted by Gasteiger charge is -2.30. The van der Waals surface area contributed by atoms with Crippen LogP contribution in [0.2, 0.25) is 0 Å².